The zero-order valence-corrected chi connectivity index (χ0v) is 12.2. The first kappa shape index (κ1) is 14.7. The number of carbonyl (C=O) groups is 2. The average molecular weight is 340 g/mol. The number of carboxylic acids is 1. The lowest BCUT2D eigenvalue weighted by atomic mass is 10.0. The number of amides is 1. The first-order chi connectivity index (χ1) is 9.58. The molecule has 20 heavy (non-hydrogen) atoms. The van der Waals surface area contributed by atoms with E-state index in [1.165, 1.54) is 6.08 Å². The van der Waals surface area contributed by atoms with Crippen molar-refractivity contribution < 1.29 is 19.4 Å². The van der Waals surface area contributed by atoms with E-state index < -0.39 is 17.9 Å². The topological polar surface area (TPSA) is 75.6 Å². The third-order valence-corrected chi connectivity index (χ3v) is 3.77. The first-order valence-electron chi connectivity index (χ1n) is 6.11. The van der Waals surface area contributed by atoms with E-state index in [9.17, 15) is 9.59 Å². The van der Waals surface area contributed by atoms with E-state index in [4.69, 9.17) is 9.84 Å². The van der Waals surface area contributed by atoms with Crippen LogP contribution in [-0.4, -0.2) is 36.2 Å². The van der Waals surface area contributed by atoms with Crippen LogP contribution in [0.1, 0.15) is 5.56 Å². The fourth-order valence-corrected chi connectivity index (χ4v) is 2.36. The standard InChI is InChI=1S/C14H14BrNO4/c15-11-4-2-1-3-9(11)5-6-13(17)16-12-8-20-7-10(12)14(18)19/h1-6,10,12H,7-8H2,(H,16,17)(H,18,19). The molecule has 1 fully saturated rings. The number of rotatable bonds is 4. The van der Waals surface area contributed by atoms with Gasteiger partial charge in [-0.05, 0) is 17.7 Å². The number of halogens is 1. The normalized spacial score (nSPS) is 22.1. The molecule has 1 aromatic rings. The van der Waals surface area contributed by atoms with Crippen LogP contribution in [0.25, 0.3) is 6.08 Å². The van der Waals surface area contributed by atoms with E-state index >= 15 is 0 Å². The molecule has 0 aliphatic carbocycles. The molecule has 5 nitrogen and oxygen atoms in total. The Bertz CT molecular complexity index is 544. The summed E-state index contributed by atoms with van der Waals surface area (Å²) in [5.41, 5.74) is 0.875. The quantitative estimate of drug-likeness (QED) is 0.818. The second-order valence-corrected chi connectivity index (χ2v) is 5.31. The SMILES string of the molecule is O=C(C=Cc1ccccc1Br)NC1COCC1C(=O)O. The van der Waals surface area contributed by atoms with Crippen LogP contribution in [0.15, 0.2) is 34.8 Å². The van der Waals surface area contributed by atoms with Crippen LogP contribution >= 0.6 is 15.9 Å². The Kier molecular flexibility index (Phi) is 4.92. The van der Waals surface area contributed by atoms with Crippen molar-refractivity contribution in [3.05, 3.63) is 40.4 Å². The molecular formula is C14H14BrNO4. The Morgan fingerprint density at radius 3 is 2.80 bits per heavy atom. The molecule has 0 spiro atoms. The summed E-state index contributed by atoms with van der Waals surface area (Å²) in [6, 6.07) is 7.02. The molecule has 2 rings (SSSR count). The van der Waals surface area contributed by atoms with E-state index in [0.717, 1.165) is 10.0 Å². The van der Waals surface area contributed by atoms with E-state index in [0.29, 0.717) is 0 Å². The summed E-state index contributed by atoms with van der Waals surface area (Å²) in [7, 11) is 0. The summed E-state index contributed by atoms with van der Waals surface area (Å²) >= 11 is 3.38. The molecule has 1 saturated heterocycles. The molecule has 6 heteroatoms. The van der Waals surface area contributed by atoms with Gasteiger partial charge in [-0.25, -0.2) is 0 Å². The largest absolute Gasteiger partial charge is 0.481 e. The highest BCUT2D eigenvalue weighted by atomic mass is 79.9. The van der Waals surface area contributed by atoms with Gasteiger partial charge in [-0.15, -0.1) is 0 Å². The second kappa shape index (κ2) is 6.67. The molecule has 1 aliphatic rings. The van der Waals surface area contributed by atoms with Gasteiger partial charge in [0.25, 0.3) is 0 Å². The molecule has 0 saturated carbocycles. The Hall–Kier alpha value is -1.66. The van der Waals surface area contributed by atoms with Gasteiger partial charge >= 0.3 is 5.97 Å². The third-order valence-electron chi connectivity index (χ3n) is 3.04. The summed E-state index contributed by atoms with van der Waals surface area (Å²) in [5, 5.41) is 11.6. The van der Waals surface area contributed by atoms with Crippen LogP contribution in [-0.2, 0) is 14.3 Å². The second-order valence-electron chi connectivity index (χ2n) is 4.45. The lowest BCUT2D eigenvalue weighted by Crippen LogP contribution is -2.41. The fraction of sp³-hybridized carbons (Fsp3) is 0.286. The highest BCUT2D eigenvalue weighted by Crippen LogP contribution is 2.17. The number of hydrogen-bond acceptors (Lipinski definition) is 3. The molecule has 1 aliphatic heterocycles. The Labute approximate surface area is 124 Å². The van der Waals surface area contributed by atoms with Crippen molar-refractivity contribution in [2.75, 3.05) is 13.2 Å². The molecular weight excluding hydrogens is 326 g/mol. The van der Waals surface area contributed by atoms with Crippen molar-refractivity contribution in [3.63, 3.8) is 0 Å². The van der Waals surface area contributed by atoms with Crippen LogP contribution in [0.4, 0.5) is 0 Å². The van der Waals surface area contributed by atoms with Crippen LogP contribution in [0.2, 0.25) is 0 Å². The van der Waals surface area contributed by atoms with Crippen molar-refractivity contribution in [1.82, 2.24) is 5.32 Å². The van der Waals surface area contributed by atoms with Gasteiger partial charge in [-0.2, -0.15) is 0 Å². The van der Waals surface area contributed by atoms with Gasteiger partial charge in [0.05, 0.1) is 19.3 Å². The maximum Gasteiger partial charge on any atom is 0.311 e. The molecule has 1 amide bonds. The van der Waals surface area contributed by atoms with E-state index in [2.05, 4.69) is 21.2 Å². The summed E-state index contributed by atoms with van der Waals surface area (Å²) in [4.78, 5) is 22.8. The number of hydrogen-bond donors (Lipinski definition) is 2. The molecule has 0 radical (unpaired) electrons. The minimum absolute atomic E-state index is 0.133. The van der Waals surface area contributed by atoms with Crippen molar-refractivity contribution in [1.29, 1.82) is 0 Å². The fourth-order valence-electron chi connectivity index (χ4n) is 1.95. The molecule has 1 aromatic carbocycles. The molecule has 2 unspecified atom stereocenters. The summed E-state index contributed by atoms with van der Waals surface area (Å²) in [5.74, 6) is -1.97. The number of carbonyl (C=O) groups excluding carboxylic acids is 1. The third kappa shape index (κ3) is 3.68. The van der Waals surface area contributed by atoms with Crippen LogP contribution in [0.3, 0.4) is 0 Å². The minimum Gasteiger partial charge on any atom is -0.481 e. The number of benzene rings is 1. The van der Waals surface area contributed by atoms with Gasteiger partial charge < -0.3 is 15.2 Å². The lowest BCUT2D eigenvalue weighted by Gasteiger charge is -2.14. The Balaban J connectivity index is 1.96. The molecule has 2 atom stereocenters. The summed E-state index contributed by atoms with van der Waals surface area (Å²) in [6.45, 7) is 0.361. The van der Waals surface area contributed by atoms with Crippen LogP contribution in [0.5, 0.6) is 0 Å². The highest BCUT2D eigenvalue weighted by Gasteiger charge is 2.34. The van der Waals surface area contributed by atoms with Crippen LogP contribution in [0, 0.1) is 5.92 Å². The maximum atomic E-state index is 11.8. The number of nitrogens with one attached hydrogen (secondary N) is 1. The molecule has 0 aromatic heterocycles. The predicted octanol–water partition coefficient (Wildman–Crippen LogP) is 1.68. The van der Waals surface area contributed by atoms with Crippen molar-refractivity contribution in [2.45, 2.75) is 6.04 Å². The van der Waals surface area contributed by atoms with E-state index in [1.54, 1.807) is 6.08 Å². The Morgan fingerprint density at radius 2 is 2.10 bits per heavy atom. The lowest BCUT2D eigenvalue weighted by molar-refractivity contribution is -0.142. The van der Waals surface area contributed by atoms with Crippen molar-refractivity contribution >= 4 is 33.9 Å². The smallest absolute Gasteiger partial charge is 0.311 e. The van der Waals surface area contributed by atoms with Gasteiger partial charge in [0.15, 0.2) is 0 Å². The van der Waals surface area contributed by atoms with Gasteiger partial charge in [-0.3, -0.25) is 9.59 Å². The van der Waals surface area contributed by atoms with E-state index in [1.807, 2.05) is 24.3 Å². The number of aliphatic carboxylic acids is 1. The van der Waals surface area contributed by atoms with Crippen molar-refractivity contribution in [3.8, 4) is 0 Å². The molecule has 2 N–H and O–H groups in total. The summed E-state index contributed by atoms with van der Waals surface area (Å²) < 4.78 is 5.97. The van der Waals surface area contributed by atoms with Gasteiger partial charge in [0, 0.05) is 10.5 Å². The summed E-state index contributed by atoms with van der Waals surface area (Å²) in [6.07, 6.45) is 3.06. The minimum atomic E-state index is -0.956. The number of carboxylic acid groups (broad SMARTS) is 1. The molecule has 106 valence electrons. The predicted molar refractivity (Wildman–Crippen MR) is 77.1 cm³/mol. The monoisotopic (exact) mass is 339 g/mol. The average Bonchev–Trinajstić information content (AvgIpc) is 2.86. The number of ether oxygens (including phenoxy) is 1. The van der Waals surface area contributed by atoms with Crippen LogP contribution < -0.4 is 5.32 Å². The van der Waals surface area contributed by atoms with E-state index in [-0.39, 0.29) is 19.1 Å². The van der Waals surface area contributed by atoms with Gasteiger partial charge in [0.1, 0.15) is 5.92 Å². The van der Waals surface area contributed by atoms with Gasteiger partial charge in [0.2, 0.25) is 5.91 Å². The van der Waals surface area contributed by atoms with Crippen molar-refractivity contribution in [2.24, 2.45) is 5.92 Å². The molecule has 1 heterocycles. The highest BCUT2D eigenvalue weighted by molar-refractivity contribution is 9.10. The van der Waals surface area contributed by atoms with Gasteiger partial charge in [-0.1, -0.05) is 34.1 Å². The Morgan fingerprint density at radius 1 is 1.35 bits per heavy atom. The molecule has 0 bridgehead atoms. The first-order valence-corrected chi connectivity index (χ1v) is 6.91. The zero-order valence-electron chi connectivity index (χ0n) is 10.6. The zero-order chi connectivity index (χ0) is 14.5. The maximum absolute atomic E-state index is 11.8.